The first-order valence-electron chi connectivity index (χ1n) is 8.79. The van der Waals surface area contributed by atoms with Crippen molar-refractivity contribution in [3.8, 4) is 0 Å². The lowest BCUT2D eigenvalue weighted by Gasteiger charge is -2.42. The van der Waals surface area contributed by atoms with E-state index in [-0.39, 0.29) is 0 Å². The summed E-state index contributed by atoms with van der Waals surface area (Å²) in [5.41, 5.74) is 0. The summed E-state index contributed by atoms with van der Waals surface area (Å²) in [7, 11) is -8.42. The van der Waals surface area contributed by atoms with Gasteiger partial charge in [0.1, 0.15) is 6.26 Å². The Morgan fingerprint density at radius 3 is 1.65 bits per heavy atom. The number of hydrogen-bond donors (Lipinski definition) is 0. The highest BCUT2D eigenvalue weighted by Crippen LogP contribution is 2.30. The summed E-state index contributed by atoms with van der Waals surface area (Å²) in [5.74, 6) is 0.591. The molecule has 0 bridgehead atoms. The molecule has 0 N–H and O–H groups in total. The van der Waals surface area contributed by atoms with Crippen molar-refractivity contribution in [1.82, 2.24) is 0 Å². The number of carbonyl (C=O) groups is 1. The van der Waals surface area contributed by atoms with Crippen LogP contribution in [0.4, 0.5) is 4.79 Å². The zero-order chi connectivity index (χ0) is 20.6. The van der Waals surface area contributed by atoms with Gasteiger partial charge >= 0.3 is 14.1 Å². The van der Waals surface area contributed by atoms with Crippen LogP contribution in [0.25, 0.3) is 0 Å². The fraction of sp³-hybridized carbons (Fsp3) is 0.800. The van der Waals surface area contributed by atoms with Crippen molar-refractivity contribution in [3.05, 3.63) is 12.8 Å². The normalized spacial score (nSPS) is 13.4. The van der Waals surface area contributed by atoms with Gasteiger partial charge in [-0.15, -0.1) is 0 Å². The summed E-state index contributed by atoms with van der Waals surface area (Å²) in [4.78, 5) is 20.5. The quantitative estimate of drug-likeness (QED) is 0.121. The van der Waals surface area contributed by atoms with Crippen LogP contribution in [0.15, 0.2) is 12.8 Å². The van der Waals surface area contributed by atoms with Gasteiger partial charge in [-0.05, 0) is 77.1 Å². The van der Waals surface area contributed by atoms with E-state index in [1.54, 1.807) is 0 Å². The van der Waals surface area contributed by atoms with Gasteiger partial charge in [-0.3, -0.25) is 4.89 Å². The van der Waals surface area contributed by atoms with Crippen molar-refractivity contribution in [2.24, 2.45) is 0 Å². The second-order valence-corrected chi connectivity index (χ2v) is 26.9. The zero-order valence-electron chi connectivity index (χ0n) is 17.8. The first kappa shape index (κ1) is 26.1. The van der Waals surface area contributed by atoms with E-state index in [9.17, 15) is 4.79 Å². The number of carbonyl (C=O) groups excluding carboxylic acids is 1. The van der Waals surface area contributed by atoms with Crippen LogP contribution in [0.5, 0.6) is 0 Å². The number of hydrogen-bond acceptors (Lipinski definition) is 7. The fourth-order valence-corrected chi connectivity index (χ4v) is 17.6. The van der Waals surface area contributed by atoms with E-state index >= 15 is 0 Å². The highest BCUT2D eigenvalue weighted by Gasteiger charge is 2.49. The Hall–Kier alpha value is 0.108. The molecule has 0 saturated heterocycles. The molecule has 0 fully saturated rings. The highest BCUT2D eigenvalue weighted by atomic mass is 32.2. The Labute approximate surface area is 167 Å². The van der Waals surface area contributed by atoms with Gasteiger partial charge in [0.2, 0.25) is 0 Å². The van der Waals surface area contributed by atoms with Crippen molar-refractivity contribution < 1.29 is 26.9 Å². The second kappa shape index (κ2) is 10.6. The van der Waals surface area contributed by atoms with Gasteiger partial charge in [0, 0.05) is 11.8 Å². The van der Waals surface area contributed by atoms with E-state index < -0.39 is 39.1 Å². The summed E-state index contributed by atoms with van der Waals surface area (Å²) in [6, 6.07) is 0.703. The molecule has 0 aromatic rings. The maximum absolute atomic E-state index is 11.5. The van der Waals surface area contributed by atoms with Crippen LogP contribution >= 0.6 is 11.8 Å². The van der Waals surface area contributed by atoms with Gasteiger partial charge in [-0.25, -0.2) is 9.68 Å². The monoisotopic (exact) mass is 456 g/mol. The zero-order valence-corrected chi connectivity index (χ0v) is 22.6. The predicted octanol–water partition coefficient (Wildman–Crippen LogP) is 5.81. The molecule has 0 spiro atoms. The van der Waals surface area contributed by atoms with Crippen LogP contribution in [-0.4, -0.2) is 44.8 Å². The molecule has 154 valence electrons. The Kier molecular flexibility index (Phi) is 10.6. The van der Waals surface area contributed by atoms with Gasteiger partial charge in [0.25, 0.3) is 0 Å². The molecule has 0 aliphatic heterocycles. The Bertz CT molecular complexity index is 416. The van der Waals surface area contributed by atoms with Crippen LogP contribution in [-0.2, 0) is 22.1 Å². The molecule has 0 aromatic heterocycles. The van der Waals surface area contributed by atoms with E-state index in [1.807, 2.05) is 0 Å². The molecule has 0 aliphatic carbocycles. The molecular formula is C15H36O6SSi4. The lowest BCUT2D eigenvalue weighted by molar-refractivity contribution is -0.176. The maximum atomic E-state index is 11.5. The molecule has 0 heterocycles. The third kappa shape index (κ3) is 14.2. The van der Waals surface area contributed by atoms with E-state index in [0.29, 0.717) is 11.8 Å². The standard InChI is InChI=1S/C15H36O6SSi4/c1-11-17-18-15(16)22-13-12-14-26(19-23(2,3)4,20-24(5,6)7)21-25(8,9)10/h11H,1,12-14H2,2-10H3. The van der Waals surface area contributed by atoms with Crippen molar-refractivity contribution >= 4 is 50.8 Å². The fourth-order valence-electron chi connectivity index (χ4n) is 2.16. The average Bonchev–Trinajstić information content (AvgIpc) is 2.35. The summed E-state index contributed by atoms with van der Waals surface area (Å²) < 4.78 is 19.8. The molecule has 0 aliphatic rings. The number of thioether (sulfide) groups is 1. The largest absolute Gasteiger partial charge is 0.469 e. The molecule has 6 nitrogen and oxygen atoms in total. The minimum Gasteiger partial charge on any atom is -0.417 e. The summed E-state index contributed by atoms with van der Waals surface area (Å²) in [6.45, 7) is 22.8. The van der Waals surface area contributed by atoms with E-state index in [2.05, 4.69) is 75.3 Å². The van der Waals surface area contributed by atoms with Crippen molar-refractivity contribution in [1.29, 1.82) is 0 Å². The molecule has 0 aromatic carbocycles. The van der Waals surface area contributed by atoms with Gasteiger partial charge < -0.3 is 12.3 Å². The second-order valence-electron chi connectivity index (χ2n) is 8.87. The highest BCUT2D eigenvalue weighted by molar-refractivity contribution is 8.13. The minimum absolute atomic E-state index is 0.486. The van der Waals surface area contributed by atoms with Crippen LogP contribution < -0.4 is 0 Å². The Balaban J connectivity index is 5.14. The lowest BCUT2D eigenvalue weighted by atomic mass is 10.6. The van der Waals surface area contributed by atoms with E-state index in [0.717, 1.165) is 24.4 Å². The van der Waals surface area contributed by atoms with E-state index in [4.69, 9.17) is 12.3 Å². The predicted molar refractivity (Wildman–Crippen MR) is 119 cm³/mol. The summed E-state index contributed by atoms with van der Waals surface area (Å²) >= 11 is 1.07. The third-order valence-electron chi connectivity index (χ3n) is 2.42. The van der Waals surface area contributed by atoms with Crippen LogP contribution in [0.3, 0.4) is 0 Å². The molecule has 0 radical (unpaired) electrons. The van der Waals surface area contributed by atoms with Crippen LogP contribution in [0.2, 0.25) is 65.0 Å². The maximum Gasteiger partial charge on any atom is 0.469 e. The molecule has 26 heavy (non-hydrogen) atoms. The molecule has 0 atom stereocenters. The van der Waals surface area contributed by atoms with Gasteiger partial charge in [0.15, 0.2) is 25.0 Å². The minimum atomic E-state index is -2.83. The average molecular weight is 457 g/mol. The van der Waals surface area contributed by atoms with Gasteiger partial charge in [-0.2, -0.15) is 0 Å². The molecule has 0 saturated carbocycles. The van der Waals surface area contributed by atoms with Crippen LogP contribution in [0.1, 0.15) is 6.42 Å². The third-order valence-corrected chi connectivity index (χ3v) is 15.3. The van der Waals surface area contributed by atoms with Crippen molar-refractivity contribution in [2.75, 3.05) is 5.75 Å². The van der Waals surface area contributed by atoms with Crippen molar-refractivity contribution in [2.45, 2.75) is 71.4 Å². The lowest BCUT2D eigenvalue weighted by Crippen LogP contribution is -2.60. The topological polar surface area (TPSA) is 63.2 Å². The smallest absolute Gasteiger partial charge is 0.417 e. The van der Waals surface area contributed by atoms with Gasteiger partial charge in [-0.1, -0.05) is 6.58 Å². The molecule has 0 rings (SSSR count). The summed E-state index contributed by atoms with van der Waals surface area (Å²) in [6.07, 6.45) is 1.82. The summed E-state index contributed by atoms with van der Waals surface area (Å²) in [5, 5.41) is -0.486. The molecule has 0 amide bonds. The Morgan fingerprint density at radius 2 is 1.31 bits per heavy atom. The first-order chi connectivity index (χ1) is 11.6. The van der Waals surface area contributed by atoms with Crippen molar-refractivity contribution in [3.63, 3.8) is 0 Å². The van der Waals surface area contributed by atoms with E-state index in [1.165, 1.54) is 0 Å². The molecule has 11 heteroatoms. The van der Waals surface area contributed by atoms with Crippen LogP contribution in [0, 0.1) is 0 Å². The first-order valence-corrected chi connectivity index (χ1v) is 21.9. The van der Waals surface area contributed by atoms with Gasteiger partial charge in [0.05, 0.1) is 0 Å². The molecular weight excluding hydrogens is 421 g/mol. The molecule has 0 unspecified atom stereocenters. The SMILES string of the molecule is C=COOC(=O)SCCC[Si](O[Si](C)(C)C)(O[Si](C)(C)C)O[Si](C)(C)C. The Morgan fingerprint density at radius 1 is 0.885 bits per heavy atom. The number of rotatable bonds is 12.